The van der Waals surface area contributed by atoms with Gasteiger partial charge in [-0.2, -0.15) is 0 Å². The van der Waals surface area contributed by atoms with Gasteiger partial charge in [-0.05, 0) is 54.5 Å². The van der Waals surface area contributed by atoms with Crippen LogP contribution in [0.1, 0.15) is 42.0 Å². The van der Waals surface area contributed by atoms with Gasteiger partial charge >= 0.3 is 0 Å². The zero-order valence-corrected chi connectivity index (χ0v) is 12.0. The van der Waals surface area contributed by atoms with E-state index < -0.39 is 0 Å². The fourth-order valence-electron chi connectivity index (χ4n) is 2.54. The van der Waals surface area contributed by atoms with Crippen LogP contribution in [0.2, 0.25) is 0 Å². The molecule has 0 unspecified atom stereocenters. The van der Waals surface area contributed by atoms with Crippen LogP contribution >= 0.6 is 0 Å². The predicted molar refractivity (Wildman–Crippen MR) is 80.2 cm³/mol. The molecule has 2 rings (SSSR count). The topological polar surface area (TPSA) is 0 Å². The van der Waals surface area contributed by atoms with Gasteiger partial charge in [0, 0.05) is 0 Å². The van der Waals surface area contributed by atoms with Crippen LogP contribution in [-0.4, -0.2) is 0 Å². The highest BCUT2D eigenvalue weighted by Gasteiger charge is 2.09. The SMILES string of the molecule is Cc1ccc(-c2cc(C(C)C)c(C)cc2C)cc1. The van der Waals surface area contributed by atoms with Crippen molar-refractivity contribution in [2.45, 2.75) is 40.5 Å². The van der Waals surface area contributed by atoms with Gasteiger partial charge < -0.3 is 0 Å². The van der Waals surface area contributed by atoms with E-state index in [-0.39, 0.29) is 0 Å². The Labute approximate surface area is 111 Å². The maximum Gasteiger partial charge on any atom is -0.0152 e. The van der Waals surface area contributed by atoms with E-state index in [0.29, 0.717) is 5.92 Å². The second-order valence-corrected chi connectivity index (χ2v) is 5.54. The number of hydrogen-bond acceptors (Lipinski definition) is 0. The molecule has 0 aromatic heterocycles. The molecule has 94 valence electrons. The van der Waals surface area contributed by atoms with Crippen LogP contribution in [0.5, 0.6) is 0 Å². The van der Waals surface area contributed by atoms with Crippen LogP contribution in [-0.2, 0) is 0 Å². The monoisotopic (exact) mass is 238 g/mol. The zero-order chi connectivity index (χ0) is 13.3. The Balaban J connectivity index is 2.57. The van der Waals surface area contributed by atoms with E-state index in [2.05, 4.69) is 71.0 Å². The molecule has 0 atom stereocenters. The zero-order valence-electron chi connectivity index (χ0n) is 12.0. The average Bonchev–Trinajstić information content (AvgIpc) is 2.30. The molecule has 0 aliphatic carbocycles. The largest absolute Gasteiger partial charge is 0.0587 e. The van der Waals surface area contributed by atoms with Crippen molar-refractivity contribution in [1.82, 2.24) is 0 Å². The van der Waals surface area contributed by atoms with Crippen LogP contribution in [0.15, 0.2) is 36.4 Å². The summed E-state index contributed by atoms with van der Waals surface area (Å²) in [7, 11) is 0. The number of hydrogen-bond donors (Lipinski definition) is 0. The Morgan fingerprint density at radius 2 is 1.39 bits per heavy atom. The molecular weight excluding hydrogens is 216 g/mol. The third-order valence-corrected chi connectivity index (χ3v) is 3.60. The molecule has 0 saturated carbocycles. The highest BCUT2D eigenvalue weighted by atomic mass is 14.1. The lowest BCUT2D eigenvalue weighted by Gasteiger charge is -2.15. The number of rotatable bonds is 2. The normalized spacial score (nSPS) is 11.0. The minimum absolute atomic E-state index is 0.579. The summed E-state index contributed by atoms with van der Waals surface area (Å²) in [6, 6.07) is 13.5. The predicted octanol–water partition coefficient (Wildman–Crippen LogP) is 5.40. The molecule has 0 fully saturated rings. The van der Waals surface area contributed by atoms with Crippen molar-refractivity contribution in [3.63, 3.8) is 0 Å². The lowest BCUT2D eigenvalue weighted by atomic mass is 9.90. The first-order valence-electron chi connectivity index (χ1n) is 6.67. The van der Waals surface area contributed by atoms with Gasteiger partial charge in [-0.25, -0.2) is 0 Å². The minimum Gasteiger partial charge on any atom is -0.0587 e. The van der Waals surface area contributed by atoms with E-state index in [0.717, 1.165) is 0 Å². The first-order valence-corrected chi connectivity index (χ1v) is 6.67. The fraction of sp³-hybridized carbons (Fsp3) is 0.333. The summed E-state index contributed by atoms with van der Waals surface area (Å²) in [5.74, 6) is 0.579. The number of aryl methyl sites for hydroxylation is 3. The Morgan fingerprint density at radius 1 is 0.778 bits per heavy atom. The molecule has 0 heterocycles. The molecule has 0 heteroatoms. The maximum atomic E-state index is 2.36. The quantitative estimate of drug-likeness (QED) is 0.657. The molecule has 0 N–H and O–H groups in total. The van der Waals surface area contributed by atoms with Gasteiger partial charge in [0.25, 0.3) is 0 Å². The van der Waals surface area contributed by atoms with Gasteiger partial charge in [-0.3, -0.25) is 0 Å². The molecule has 0 bridgehead atoms. The highest BCUT2D eigenvalue weighted by molar-refractivity contribution is 5.69. The van der Waals surface area contributed by atoms with Crippen molar-refractivity contribution in [2.75, 3.05) is 0 Å². The summed E-state index contributed by atoms with van der Waals surface area (Å²) in [6.45, 7) is 11.1. The highest BCUT2D eigenvalue weighted by Crippen LogP contribution is 2.30. The standard InChI is InChI=1S/C18H22/c1-12(2)17-11-18(15(5)10-14(17)4)16-8-6-13(3)7-9-16/h6-12H,1-5H3. The second-order valence-electron chi connectivity index (χ2n) is 5.54. The smallest absolute Gasteiger partial charge is 0.0152 e. The molecule has 2 aromatic carbocycles. The molecule has 0 aliphatic heterocycles. The van der Waals surface area contributed by atoms with Crippen LogP contribution in [0.4, 0.5) is 0 Å². The van der Waals surface area contributed by atoms with E-state index in [9.17, 15) is 0 Å². The fourth-order valence-corrected chi connectivity index (χ4v) is 2.54. The molecule has 0 saturated heterocycles. The molecule has 0 nitrogen and oxygen atoms in total. The van der Waals surface area contributed by atoms with Gasteiger partial charge in [0.1, 0.15) is 0 Å². The first-order chi connectivity index (χ1) is 8.49. The molecule has 0 amide bonds. The van der Waals surface area contributed by atoms with Crippen molar-refractivity contribution >= 4 is 0 Å². The molecular formula is C18H22. The molecule has 0 spiro atoms. The third kappa shape index (κ3) is 2.48. The summed E-state index contributed by atoms with van der Waals surface area (Å²) in [4.78, 5) is 0. The van der Waals surface area contributed by atoms with Gasteiger partial charge in [0.15, 0.2) is 0 Å². The summed E-state index contributed by atoms with van der Waals surface area (Å²) in [5, 5.41) is 0. The van der Waals surface area contributed by atoms with Gasteiger partial charge in [0.2, 0.25) is 0 Å². The molecule has 0 aliphatic rings. The number of benzene rings is 2. The average molecular weight is 238 g/mol. The van der Waals surface area contributed by atoms with Crippen molar-refractivity contribution in [1.29, 1.82) is 0 Å². The Bertz CT molecular complexity index is 545. The van der Waals surface area contributed by atoms with E-state index in [1.807, 2.05) is 0 Å². The van der Waals surface area contributed by atoms with Crippen molar-refractivity contribution in [2.24, 2.45) is 0 Å². The Kier molecular flexibility index (Phi) is 3.56. The van der Waals surface area contributed by atoms with Crippen molar-refractivity contribution in [3.8, 4) is 11.1 Å². The van der Waals surface area contributed by atoms with E-state index in [4.69, 9.17) is 0 Å². The van der Waals surface area contributed by atoms with Crippen molar-refractivity contribution in [3.05, 3.63) is 58.7 Å². The van der Waals surface area contributed by atoms with Crippen molar-refractivity contribution < 1.29 is 0 Å². The molecule has 0 radical (unpaired) electrons. The van der Waals surface area contributed by atoms with Gasteiger partial charge in [-0.1, -0.05) is 55.8 Å². The molecule has 2 aromatic rings. The summed E-state index contributed by atoms with van der Waals surface area (Å²) in [6.07, 6.45) is 0. The Morgan fingerprint density at radius 3 is 1.94 bits per heavy atom. The summed E-state index contributed by atoms with van der Waals surface area (Å²) < 4.78 is 0. The van der Waals surface area contributed by atoms with E-state index in [1.165, 1.54) is 33.4 Å². The third-order valence-electron chi connectivity index (χ3n) is 3.60. The van der Waals surface area contributed by atoms with Crippen LogP contribution in [0.25, 0.3) is 11.1 Å². The second kappa shape index (κ2) is 4.97. The lowest BCUT2D eigenvalue weighted by molar-refractivity contribution is 0.856. The summed E-state index contributed by atoms with van der Waals surface area (Å²) >= 11 is 0. The first kappa shape index (κ1) is 12.9. The Hall–Kier alpha value is -1.56. The lowest BCUT2D eigenvalue weighted by Crippen LogP contribution is -1.95. The molecule has 18 heavy (non-hydrogen) atoms. The van der Waals surface area contributed by atoms with E-state index >= 15 is 0 Å². The van der Waals surface area contributed by atoms with Gasteiger partial charge in [0.05, 0.1) is 0 Å². The van der Waals surface area contributed by atoms with Gasteiger partial charge in [-0.15, -0.1) is 0 Å². The van der Waals surface area contributed by atoms with E-state index in [1.54, 1.807) is 0 Å². The minimum atomic E-state index is 0.579. The summed E-state index contributed by atoms with van der Waals surface area (Å²) in [5.41, 5.74) is 8.21. The van der Waals surface area contributed by atoms with Crippen LogP contribution in [0, 0.1) is 20.8 Å². The van der Waals surface area contributed by atoms with Crippen LogP contribution < -0.4 is 0 Å². The maximum absolute atomic E-state index is 2.36. The van der Waals surface area contributed by atoms with Crippen LogP contribution in [0.3, 0.4) is 0 Å².